The lowest BCUT2D eigenvalue weighted by molar-refractivity contribution is -0.0578. The summed E-state index contributed by atoms with van der Waals surface area (Å²) in [5.41, 5.74) is 3.74. The third kappa shape index (κ3) is 5.35. The number of halogens is 1. The number of rotatable bonds is 8. The van der Waals surface area contributed by atoms with Crippen molar-refractivity contribution in [3.63, 3.8) is 0 Å². The summed E-state index contributed by atoms with van der Waals surface area (Å²) >= 11 is 6.69. The molecule has 3 aromatic rings. The van der Waals surface area contributed by atoms with Crippen LogP contribution in [0.25, 0.3) is 10.8 Å². The van der Waals surface area contributed by atoms with Crippen LogP contribution in [0.5, 0.6) is 5.88 Å². The summed E-state index contributed by atoms with van der Waals surface area (Å²) in [5.74, 6) is 0.818. The molecule has 0 radical (unpaired) electrons. The van der Waals surface area contributed by atoms with Crippen molar-refractivity contribution in [2.75, 3.05) is 37.0 Å². The van der Waals surface area contributed by atoms with Crippen molar-refractivity contribution in [2.24, 2.45) is 0 Å². The Balaban J connectivity index is 1.36. The van der Waals surface area contributed by atoms with E-state index in [1.54, 1.807) is 0 Å². The summed E-state index contributed by atoms with van der Waals surface area (Å²) in [5, 5.41) is 16.6. The number of nitrogens with one attached hydrogen (secondary N) is 1. The first-order chi connectivity index (χ1) is 17.9. The van der Waals surface area contributed by atoms with Crippen LogP contribution in [0.4, 0.5) is 11.5 Å². The fourth-order valence-electron chi connectivity index (χ4n) is 6.12. The van der Waals surface area contributed by atoms with Gasteiger partial charge >= 0.3 is 0 Å². The number of hydrogen-bond donors (Lipinski definition) is 2. The number of hydrogen-bond acceptors (Lipinski definition) is 7. The van der Waals surface area contributed by atoms with Crippen LogP contribution in [0, 0.1) is 13.8 Å². The van der Waals surface area contributed by atoms with E-state index >= 15 is 0 Å². The van der Waals surface area contributed by atoms with Crippen LogP contribution in [-0.4, -0.2) is 64.9 Å². The van der Waals surface area contributed by atoms with Crippen molar-refractivity contribution in [3.8, 4) is 5.88 Å². The summed E-state index contributed by atoms with van der Waals surface area (Å²) in [4.78, 5) is 14.0. The van der Waals surface area contributed by atoms with Crippen molar-refractivity contribution in [1.29, 1.82) is 0 Å². The van der Waals surface area contributed by atoms with Gasteiger partial charge in [-0.2, -0.15) is 0 Å². The van der Waals surface area contributed by atoms with E-state index in [-0.39, 0.29) is 5.88 Å². The Labute approximate surface area is 224 Å². The SMILES string of the molecule is CCN(c1cc(Cl)cc2c(NCc3c(C)cc(C)nc3O)nccc12)[C@H]1CC[C@H](N2CC(OC)C2)CC1. The molecule has 0 atom stereocenters. The smallest absolute Gasteiger partial charge is 0.216 e. The van der Waals surface area contributed by atoms with Crippen LogP contribution < -0.4 is 10.2 Å². The van der Waals surface area contributed by atoms with Crippen molar-refractivity contribution in [3.05, 3.63) is 52.3 Å². The molecule has 1 aromatic carbocycles. The molecule has 2 N–H and O–H groups in total. The number of likely N-dealkylation sites (tertiary alicyclic amines) is 1. The number of aryl methyl sites for hydroxylation is 2. The van der Waals surface area contributed by atoms with E-state index in [1.807, 2.05) is 39.3 Å². The first-order valence-electron chi connectivity index (χ1n) is 13.4. The molecule has 7 nitrogen and oxygen atoms in total. The molecule has 0 unspecified atom stereocenters. The molecule has 37 heavy (non-hydrogen) atoms. The molecule has 1 saturated heterocycles. The van der Waals surface area contributed by atoms with Crippen molar-refractivity contribution in [2.45, 2.75) is 71.2 Å². The fourth-order valence-corrected chi connectivity index (χ4v) is 6.33. The Morgan fingerprint density at radius 3 is 2.57 bits per heavy atom. The van der Waals surface area contributed by atoms with Crippen LogP contribution >= 0.6 is 11.6 Å². The molecule has 0 bridgehead atoms. The summed E-state index contributed by atoms with van der Waals surface area (Å²) in [6, 6.07) is 9.31. The summed E-state index contributed by atoms with van der Waals surface area (Å²) in [6.07, 6.45) is 7.05. The standard InChI is InChI=1S/C29H38ClN5O2/c1-5-35(22-8-6-21(7-9-22)34-16-23(17-34)37-4)27-14-20(30)13-25-24(27)10-11-31-28(25)32-15-26-18(2)12-19(3)33-29(26)36/h10-14,21-23H,5-9,15-17H2,1-4H3,(H,31,32)(H,33,36)/t21-,22-. The molecule has 198 valence electrons. The van der Waals surface area contributed by atoms with Gasteiger partial charge < -0.3 is 20.1 Å². The lowest BCUT2D eigenvalue weighted by Crippen LogP contribution is -2.57. The maximum atomic E-state index is 10.4. The molecule has 3 heterocycles. The highest BCUT2D eigenvalue weighted by Gasteiger charge is 2.35. The zero-order chi connectivity index (χ0) is 26.1. The van der Waals surface area contributed by atoms with Gasteiger partial charge in [0.25, 0.3) is 0 Å². The van der Waals surface area contributed by atoms with Crippen molar-refractivity contribution in [1.82, 2.24) is 14.9 Å². The van der Waals surface area contributed by atoms with Crippen molar-refractivity contribution >= 4 is 33.9 Å². The Bertz CT molecular complexity index is 1230. The third-order valence-electron chi connectivity index (χ3n) is 8.19. The fraction of sp³-hybridized carbons (Fsp3) is 0.517. The van der Waals surface area contributed by atoms with E-state index in [1.165, 1.54) is 31.4 Å². The average Bonchev–Trinajstić information content (AvgIpc) is 2.84. The van der Waals surface area contributed by atoms with Gasteiger partial charge in [-0.15, -0.1) is 0 Å². The van der Waals surface area contributed by atoms with E-state index in [9.17, 15) is 5.11 Å². The van der Waals surface area contributed by atoms with Crippen LogP contribution in [0.1, 0.15) is 49.4 Å². The normalized spacial score (nSPS) is 20.7. The number of aromatic nitrogens is 2. The van der Waals surface area contributed by atoms with E-state index in [2.05, 4.69) is 44.1 Å². The number of fused-ring (bicyclic) bond motifs is 1. The van der Waals surface area contributed by atoms with Crippen molar-refractivity contribution < 1.29 is 9.84 Å². The highest BCUT2D eigenvalue weighted by molar-refractivity contribution is 6.32. The molecule has 2 aliphatic rings. The highest BCUT2D eigenvalue weighted by atomic mass is 35.5. The van der Waals surface area contributed by atoms with E-state index in [0.717, 1.165) is 53.0 Å². The first-order valence-corrected chi connectivity index (χ1v) is 13.8. The zero-order valence-corrected chi connectivity index (χ0v) is 23.1. The quantitative estimate of drug-likeness (QED) is 0.393. The van der Waals surface area contributed by atoms with Gasteiger partial charge in [0.2, 0.25) is 5.88 Å². The minimum absolute atomic E-state index is 0.0627. The molecular weight excluding hydrogens is 486 g/mol. The summed E-state index contributed by atoms with van der Waals surface area (Å²) in [6.45, 7) is 9.60. The topological polar surface area (TPSA) is 73.8 Å². The predicted molar refractivity (Wildman–Crippen MR) is 151 cm³/mol. The summed E-state index contributed by atoms with van der Waals surface area (Å²) < 4.78 is 5.47. The van der Waals surface area contributed by atoms with Gasteiger partial charge in [-0.25, -0.2) is 9.97 Å². The van der Waals surface area contributed by atoms with E-state index in [0.29, 0.717) is 29.8 Å². The lowest BCUT2D eigenvalue weighted by Gasteiger charge is -2.47. The molecular formula is C29H38ClN5O2. The maximum Gasteiger partial charge on any atom is 0.216 e. The maximum absolute atomic E-state index is 10.4. The predicted octanol–water partition coefficient (Wildman–Crippen LogP) is 5.69. The monoisotopic (exact) mass is 523 g/mol. The van der Waals surface area contributed by atoms with Crippen LogP contribution in [0.15, 0.2) is 30.5 Å². The molecule has 1 saturated carbocycles. The van der Waals surface area contributed by atoms with Crippen LogP contribution in [0.2, 0.25) is 5.02 Å². The van der Waals surface area contributed by atoms with Crippen LogP contribution in [-0.2, 0) is 11.3 Å². The third-order valence-corrected chi connectivity index (χ3v) is 8.41. The molecule has 1 aliphatic heterocycles. The summed E-state index contributed by atoms with van der Waals surface area (Å²) in [7, 11) is 1.81. The number of benzene rings is 1. The number of methoxy groups -OCH3 is 1. The second-order valence-corrected chi connectivity index (χ2v) is 10.9. The van der Waals surface area contributed by atoms with Gasteiger partial charge in [-0.3, -0.25) is 4.90 Å². The molecule has 0 spiro atoms. The van der Waals surface area contributed by atoms with Gasteiger partial charge in [0.15, 0.2) is 0 Å². The number of anilines is 2. The molecule has 1 aliphatic carbocycles. The van der Waals surface area contributed by atoms with Gasteiger partial charge in [0, 0.05) is 84.3 Å². The Morgan fingerprint density at radius 2 is 1.89 bits per heavy atom. The second kappa shape index (κ2) is 11.0. The van der Waals surface area contributed by atoms with Gasteiger partial charge in [0.1, 0.15) is 5.82 Å². The van der Waals surface area contributed by atoms with E-state index < -0.39 is 0 Å². The highest BCUT2D eigenvalue weighted by Crippen LogP contribution is 2.38. The molecule has 2 aromatic heterocycles. The number of nitrogens with zero attached hydrogens (tertiary/aromatic N) is 4. The van der Waals surface area contributed by atoms with Gasteiger partial charge in [-0.1, -0.05) is 11.6 Å². The number of aromatic hydroxyl groups is 1. The zero-order valence-electron chi connectivity index (χ0n) is 22.3. The number of ether oxygens (including phenoxy) is 1. The molecule has 0 amide bonds. The first kappa shape index (κ1) is 26.0. The average molecular weight is 524 g/mol. The molecule has 8 heteroatoms. The molecule has 2 fully saturated rings. The van der Waals surface area contributed by atoms with E-state index in [4.69, 9.17) is 16.3 Å². The molecule has 5 rings (SSSR count). The minimum Gasteiger partial charge on any atom is -0.493 e. The van der Waals surface area contributed by atoms with Gasteiger partial charge in [0.05, 0.1) is 6.10 Å². The van der Waals surface area contributed by atoms with Crippen LogP contribution in [0.3, 0.4) is 0 Å². The largest absolute Gasteiger partial charge is 0.493 e. The Morgan fingerprint density at radius 1 is 1.14 bits per heavy atom. The Hall–Kier alpha value is -2.61. The van der Waals surface area contributed by atoms with Gasteiger partial charge in [-0.05, 0) is 76.3 Å². The lowest BCUT2D eigenvalue weighted by atomic mass is 9.87. The second-order valence-electron chi connectivity index (χ2n) is 10.5. The number of pyridine rings is 2. The Kier molecular flexibility index (Phi) is 7.75. The minimum atomic E-state index is 0.0627.